The van der Waals surface area contributed by atoms with Crippen LogP contribution in [0.1, 0.15) is 26.3 Å². The second-order valence-corrected chi connectivity index (χ2v) is 5.85. The van der Waals surface area contributed by atoms with Gasteiger partial charge < -0.3 is 4.74 Å². The second kappa shape index (κ2) is 6.02. The number of aliphatic imine (C=N–C) groups is 1. The van der Waals surface area contributed by atoms with Crippen molar-refractivity contribution >= 4 is 24.6 Å². The Kier molecular flexibility index (Phi) is 4.31. The number of rotatable bonds is 3. The maximum atomic E-state index is 12.3. The molecule has 0 N–H and O–H groups in total. The average Bonchev–Trinajstić information content (AvgIpc) is 2.93. The van der Waals surface area contributed by atoms with Gasteiger partial charge >= 0.3 is 6.09 Å². The van der Waals surface area contributed by atoms with Crippen molar-refractivity contribution in [2.24, 2.45) is 4.99 Å². The lowest BCUT2D eigenvalue weighted by Crippen LogP contribution is -2.27. The Hall–Kier alpha value is -2.62. The summed E-state index contributed by atoms with van der Waals surface area (Å²) in [6.07, 6.45) is 2.97. The quantitative estimate of drug-likeness (QED) is 0.755. The SMILES string of the molecule is C=Cc1cccc(-c2cccn2C(=O)OC(C)(C)C)c1N=C. The van der Waals surface area contributed by atoms with Crippen LogP contribution in [0.5, 0.6) is 0 Å². The molecule has 1 aromatic carbocycles. The van der Waals surface area contributed by atoms with E-state index in [2.05, 4.69) is 18.3 Å². The minimum absolute atomic E-state index is 0.425. The highest BCUT2D eigenvalue weighted by molar-refractivity contribution is 5.86. The summed E-state index contributed by atoms with van der Waals surface area (Å²) < 4.78 is 6.91. The molecule has 0 radical (unpaired) electrons. The molecular formula is C18H20N2O2. The Morgan fingerprint density at radius 2 is 2.00 bits per heavy atom. The van der Waals surface area contributed by atoms with Crippen molar-refractivity contribution in [3.8, 4) is 11.3 Å². The van der Waals surface area contributed by atoms with Gasteiger partial charge in [-0.3, -0.25) is 9.56 Å². The third kappa shape index (κ3) is 3.17. The van der Waals surface area contributed by atoms with Gasteiger partial charge in [0.2, 0.25) is 0 Å². The summed E-state index contributed by atoms with van der Waals surface area (Å²) in [7, 11) is 0. The van der Waals surface area contributed by atoms with Crippen molar-refractivity contribution in [2.75, 3.05) is 0 Å². The van der Waals surface area contributed by atoms with Gasteiger partial charge in [-0.25, -0.2) is 4.79 Å². The topological polar surface area (TPSA) is 43.6 Å². The lowest BCUT2D eigenvalue weighted by molar-refractivity contribution is 0.0540. The first-order chi connectivity index (χ1) is 10.4. The zero-order valence-corrected chi connectivity index (χ0v) is 13.2. The number of hydrogen-bond acceptors (Lipinski definition) is 3. The van der Waals surface area contributed by atoms with Gasteiger partial charge in [0.1, 0.15) is 5.60 Å². The number of benzene rings is 1. The molecule has 4 nitrogen and oxygen atoms in total. The van der Waals surface area contributed by atoms with Gasteiger partial charge in [0.15, 0.2) is 0 Å². The van der Waals surface area contributed by atoms with Crippen LogP contribution in [0.15, 0.2) is 48.1 Å². The molecule has 0 spiro atoms. The summed E-state index contributed by atoms with van der Waals surface area (Å²) in [5.41, 5.74) is 2.52. The highest BCUT2D eigenvalue weighted by Gasteiger charge is 2.21. The molecule has 0 saturated heterocycles. The molecule has 2 rings (SSSR count). The molecule has 114 valence electrons. The van der Waals surface area contributed by atoms with E-state index in [0.29, 0.717) is 11.4 Å². The number of nitrogens with zero attached hydrogens (tertiary/aromatic N) is 2. The van der Waals surface area contributed by atoms with Crippen LogP contribution in [0.4, 0.5) is 10.5 Å². The Balaban J connectivity index is 2.53. The first-order valence-corrected chi connectivity index (χ1v) is 7.00. The number of carbonyl (C=O) groups is 1. The van der Waals surface area contributed by atoms with Crippen molar-refractivity contribution in [2.45, 2.75) is 26.4 Å². The van der Waals surface area contributed by atoms with Gasteiger partial charge in [-0.1, -0.05) is 30.9 Å². The standard InChI is InChI=1S/C18H20N2O2/c1-6-13-9-7-10-14(16(13)19-5)15-11-8-12-20(15)17(21)22-18(2,3)4/h6-12H,1,5H2,2-4H3. The first kappa shape index (κ1) is 15.8. The van der Waals surface area contributed by atoms with Crippen LogP contribution >= 0.6 is 0 Å². The van der Waals surface area contributed by atoms with Gasteiger partial charge in [0.25, 0.3) is 0 Å². The predicted octanol–water partition coefficient (Wildman–Crippen LogP) is 4.91. The molecular weight excluding hydrogens is 276 g/mol. The lowest BCUT2D eigenvalue weighted by Gasteiger charge is -2.20. The molecule has 0 aliphatic heterocycles. The number of hydrogen-bond donors (Lipinski definition) is 0. The van der Waals surface area contributed by atoms with E-state index in [1.54, 1.807) is 18.3 Å². The highest BCUT2D eigenvalue weighted by Crippen LogP contribution is 2.34. The van der Waals surface area contributed by atoms with E-state index in [4.69, 9.17) is 4.74 Å². The van der Waals surface area contributed by atoms with E-state index in [-0.39, 0.29) is 0 Å². The third-order valence-electron chi connectivity index (χ3n) is 3.06. The number of ether oxygens (including phenoxy) is 1. The lowest BCUT2D eigenvalue weighted by atomic mass is 10.0. The van der Waals surface area contributed by atoms with Crippen molar-refractivity contribution < 1.29 is 9.53 Å². The first-order valence-electron chi connectivity index (χ1n) is 7.00. The minimum atomic E-state index is -0.554. The normalized spacial score (nSPS) is 11.0. The molecule has 0 fully saturated rings. The molecule has 0 bridgehead atoms. The van der Waals surface area contributed by atoms with E-state index < -0.39 is 11.7 Å². The second-order valence-electron chi connectivity index (χ2n) is 5.85. The van der Waals surface area contributed by atoms with Gasteiger partial charge in [-0.15, -0.1) is 0 Å². The molecule has 0 atom stereocenters. The van der Waals surface area contributed by atoms with E-state index in [0.717, 1.165) is 11.1 Å². The van der Waals surface area contributed by atoms with Crippen molar-refractivity contribution in [1.29, 1.82) is 0 Å². The molecule has 0 aliphatic carbocycles. The van der Waals surface area contributed by atoms with Crippen LogP contribution in [0.25, 0.3) is 17.3 Å². The van der Waals surface area contributed by atoms with E-state index in [9.17, 15) is 4.79 Å². The molecule has 0 unspecified atom stereocenters. The Bertz CT molecular complexity index is 721. The summed E-state index contributed by atoms with van der Waals surface area (Å²) >= 11 is 0. The van der Waals surface area contributed by atoms with E-state index >= 15 is 0 Å². The molecule has 2 aromatic rings. The van der Waals surface area contributed by atoms with Crippen LogP contribution in [-0.2, 0) is 4.74 Å². The van der Waals surface area contributed by atoms with Crippen LogP contribution in [-0.4, -0.2) is 23.0 Å². The minimum Gasteiger partial charge on any atom is -0.443 e. The van der Waals surface area contributed by atoms with Crippen LogP contribution in [0.2, 0.25) is 0 Å². The molecule has 0 amide bonds. The summed E-state index contributed by atoms with van der Waals surface area (Å²) in [6, 6.07) is 9.34. The number of para-hydroxylation sites is 1. The number of carbonyl (C=O) groups excluding carboxylic acids is 1. The van der Waals surface area contributed by atoms with Gasteiger partial charge in [-0.05, 0) is 39.6 Å². The number of aromatic nitrogens is 1. The van der Waals surface area contributed by atoms with E-state index in [1.165, 1.54) is 4.57 Å². The molecule has 0 aliphatic rings. The Morgan fingerprint density at radius 1 is 1.27 bits per heavy atom. The molecule has 1 aromatic heterocycles. The van der Waals surface area contributed by atoms with Crippen molar-refractivity contribution in [3.05, 3.63) is 48.7 Å². The van der Waals surface area contributed by atoms with Crippen LogP contribution < -0.4 is 0 Å². The summed E-state index contributed by atoms with van der Waals surface area (Å²) in [5, 5.41) is 0. The summed E-state index contributed by atoms with van der Waals surface area (Å²) in [4.78, 5) is 16.4. The zero-order chi connectivity index (χ0) is 16.3. The largest absolute Gasteiger partial charge is 0.443 e. The highest BCUT2D eigenvalue weighted by atomic mass is 16.6. The maximum Gasteiger partial charge on any atom is 0.418 e. The van der Waals surface area contributed by atoms with Crippen molar-refractivity contribution in [1.82, 2.24) is 4.57 Å². The maximum absolute atomic E-state index is 12.3. The molecule has 22 heavy (non-hydrogen) atoms. The van der Waals surface area contributed by atoms with Gasteiger partial charge in [0.05, 0.1) is 11.4 Å². The van der Waals surface area contributed by atoms with E-state index in [1.807, 2.05) is 45.0 Å². The molecule has 1 heterocycles. The summed E-state index contributed by atoms with van der Waals surface area (Å²) in [5.74, 6) is 0. The average molecular weight is 296 g/mol. The van der Waals surface area contributed by atoms with Crippen LogP contribution in [0.3, 0.4) is 0 Å². The fraction of sp³-hybridized carbons (Fsp3) is 0.222. The Labute approximate surface area is 130 Å². The van der Waals surface area contributed by atoms with Gasteiger partial charge in [-0.2, -0.15) is 0 Å². The van der Waals surface area contributed by atoms with Crippen LogP contribution in [0, 0.1) is 0 Å². The molecule has 4 heteroatoms. The van der Waals surface area contributed by atoms with Gasteiger partial charge in [0, 0.05) is 17.3 Å². The smallest absolute Gasteiger partial charge is 0.418 e. The fourth-order valence-electron chi connectivity index (χ4n) is 2.18. The summed E-state index contributed by atoms with van der Waals surface area (Å²) in [6.45, 7) is 12.9. The molecule has 0 saturated carbocycles. The Morgan fingerprint density at radius 3 is 2.59 bits per heavy atom. The predicted molar refractivity (Wildman–Crippen MR) is 90.8 cm³/mol. The zero-order valence-electron chi connectivity index (χ0n) is 13.2. The fourth-order valence-corrected chi connectivity index (χ4v) is 2.18. The monoisotopic (exact) mass is 296 g/mol. The van der Waals surface area contributed by atoms with Crippen molar-refractivity contribution in [3.63, 3.8) is 0 Å². The third-order valence-corrected chi connectivity index (χ3v) is 3.06.